The molecule has 2 N–H and O–H groups in total. The second-order valence-electron chi connectivity index (χ2n) is 5.30. The Bertz CT molecular complexity index is 202. The number of aliphatic hydroxyl groups excluding tert-OH is 1. The van der Waals surface area contributed by atoms with Crippen molar-refractivity contribution in [2.45, 2.75) is 58.5 Å². The standard InChI is InChI=1S/C13H25NO2/c1-10(2)12(15)9-14-13(16)8-7-11-5-3-4-6-11/h10-12,15H,3-9H2,1-2H3,(H,14,16). The van der Waals surface area contributed by atoms with Gasteiger partial charge in [-0.05, 0) is 18.3 Å². The molecule has 1 aliphatic carbocycles. The summed E-state index contributed by atoms with van der Waals surface area (Å²) in [5, 5.41) is 12.3. The number of carbonyl (C=O) groups is 1. The lowest BCUT2D eigenvalue weighted by Gasteiger charge is -2.15. The van der Waals surface area contributed by atoms with E-state index in [4.69, 9.17) is 0 Å². The number of hydrogen-bond donors (Lipinski definition) is 2. The highest BCUT2D eigenvalue weighted by molar-refractivity contribution is 5.75. The molecular formula is C13H25NO2. The number of hydrogen-bond acceptors (Lipinski definition) is 2. The fourth-order valence-electron chi connectivity index (χ4n) is 2.18. The molecule has 1 aliphatic rings. The highest BCUT2D eigenvalue weighted by atomic mass is 16.3. The minimum absolute atomic E-state index is 0.0894. The highest BCUT2D eigenvalue weighted by Gasteiger charge is 2.16. The van der Waals surface area contributed by atoms with Crippen LogP contribution in [0.4, 0.5) is 0 Å². The Morgan fingerprint density at radius 3 is 2.56 bits per heavy atom. The van der Waals surface area contributed by atoms with E-state index < -0.39 is 6.10 Å². The molecule has 16 heavy (non-hydrogen) atoms. The number of nitrogens with one attached hydrogen (secondary N) is 1. The number of carbonyl (C=O) groups excluding carboxylic acids is 1. The van der Waals surface area contributed by atoms with Gasteiger partial charge in [0.15, 0.2) is 0 Å². The van der Waals surface area contributed by atoms with Crippen LogP contribution in [0.15, 0.2) is 0 Å². The topological polar surface area (TPSA) is 49.3 Å². The van der Waals surface area contributed by atoms with Crippen molar-refractivity contribution in [3.8, 4) is 0 Å². The Kier molecular flexibility index (Phi) is 5.81. The second kappa shape index (κ2) is 6.89. The van der Waals surface area contributed by atoms with Gasteiger partial charge in [0.25, 0.3) is 0 Å². The summed E-state index contributed by atoms with van der Waals surface area (Å²) in [6.45, 7) is 4.30. The van der Waals surface area contributed by atoms with E-state index in [1.54, 1.807) is 0 Å². The zero-order chi connectivity index (χ0) is 12.0. The Morgan fingerprint density at radius 2 is 2.00 bits per heavy atom. The third kappa shape index (κ3) is 4.97. The zero-order valence-electron chi connectivity index (χ0n) is 10.5. The van der Waals surface area contributed by atoms with E-state index in [-0.39, 0.29) is 11.8 Å². The zero-order valence-corrected chi connectivity index (χ0v) is 10.5. The summed E-state index contributed by atoms with van der Waals surface area (Å²) >= 11 is 0. The summed E-state index contributed by atoms with van der Waals surface area (Å²) < 4.78 is 0. The van der Waals surface area contributed by atoms with E-state index in [1.165, 1.54) is 25.7 Å². The van der Waals surface area contributed by atoms with Crippen molar-refractivity contribution in [1.29, 1.82) is 0 Å². The molecule has 3 nitrogen and oxygen atoms in total. The molecule has 0 heterocycles. The van der Waals surface area contributed by atoms with Gasteiger partial charge in [-0.15, -0.1) is 0 Å². The van der Waals surface area contributed by atoms with Gasteiger partial charge in [0, 0.05) is 13.0 Å². The van der Waals surface area contributed by atoms with E-state index in [0.29, 0.717) is 13.0 Å². The van der Waals surface area contributed by atoms with Gasteiger partial charge in [0.05, 0.1) is 6.10 Å². The van der Waals surface area contributed by atoms with E-state index in [2.05, 4.69) is 5.32 Å². The average Bonchev–Trinajstić information content (AvgIpc) is 2.75. The lowest BCUT2D eigenvalue weighted by atomic mass is 10.0. The molecule has 0 spiro atoms. The lowest BCUT2D eigenvalue weighted by Crippen LogP contribution is -2.34. The van der Waals surface area contributed by atoms with Crippen LogP contribution in [-0.2, 0) is 4.79 Å². The molecule has 1 rings (SSSR count). The molecule has 0 radical (unpaired) electrons. The van der Waals surface area contributed by atoms with Crippen LogP contribution in [0.5, 0.6) is 0 Å². The molecule has 1 atom stereocenters. The van der Waals surface area contributed by atoms with Crippen LogP contribution in [0.3, 0.4) is 0 Å². The molecule has 0 aromatic heterocycles. The first-order chi connectivity index (χ1) is 7.59. The molecule has 1 saturated carbocycles. The summed E-state index contributed by atoms with van der Waals surface area (Å²) in [5.74, 6) is 1.06. The number of aliphatic hydroxyl groups is 1. The SMILES string of the molecule is CC(C)C(O)CNC(=O)CCC1CCCC1. The van der Waals surface area contributed by atoms with Gasteiger partial charge < -0.3 is 10.4 Å². The Labute approximate surface area is 98.6 Å². The van der Waals surface area contributed by atoms with Crippen molar-refractivity contribution < 1.29 is 9.90 Å². The van der Waals surface area contributed by atoms with Gasteiger partial charge >= 0.3 is 0 Å². The van der Waals surface area contributed by atoms with E-state index in [1.807, 2.05) is 13.8 Å². The maximum atomic E-state index is 11.5. The van der Waals surface area contributed by atoms with Crippen molar-refractivity contribution in [3.63, 3.8) is 0 Å². The summed E-state index contributed by atoms with van der Waals surface area (Å²) in [7, 11) is 0. The highest BCUT2D eigenvalue weighted by Crippen LogP contribution is 2.28. The largest absolute Gasteiger partial charge is 0.391 e. The van der Waals surface area contributed by atoms with Crippen molar-refractivity contribution in [2.75, 3.05) is 6.54 Å². The molecule has 1 fully saturated rings. The molecular weight excluding hydrogens is 202 g/mol. The lowest BCUT2D eigenvalue weighted by molar-refractivity contribution is -0.122. The molecule has 1 unspecified atom stereocenters. The first-order valence-corrected chi connectivity index (χ1v) is 6.54. The molecule has 3 heteroatoms. The molecule has 1 amide bonds. The van der Waals surface area contributed by atoms with Crippen LogP contribution in [0.1, 0.15) is 52.4 Å². The minimum atomic E-state index is -0.421. The first kappa shape index (κ1) is 13.5. The summed E-state index contributed by atoms with van der Waals surface area (Å²) in [6.07, 6.45) is 6.47. The number of rotatable bonds is 6. The van der Waals surface area contributed by atoms with Crippen molar-refractivity contribution in [2.24, 2.45) is 11.8 Å². The van der Waals surface area contributed by atoms with Gasteiger partial charge in [-0.1, -0.05) is 39.5 Å². The normalized spacial score (nSPS) is 19.0. The van der Waals surface area contributed by atoms with Gasteiger partial charge in [0.2, 0.25) is 5.91 Å². The number of amides is 1. The molecule has 0 saturated heterocycles. The van der Waals surface area contributed by atoms with Crippen molar-refractivity contribution in [1.82, 2.24) is 5.32 Å². The summed E-state index contributed by atoms with van der Waals surface area (Å²) in [5.41, 5.74) is 0. The predicted molar refractivity (Wildman–Crippen MR) is 65.0 cm³/mol. The quantitative estimate of drug-likeness (QED) is 0.730. The van der Waals surface area contributed by atoms with Gasteiger partial charge in [-0.3, -0.25) is 4.79 Å². The van der Waals surface area contributed by atoms with Crippen LogP contribution in [0.25, 0.3) is 0 Å². The Morgan fingerprint density at radius 1 is 1.38 bits per heavy atom. The van der Waals surface area contributed by atoms with Gasteiger partial charge in [-0.2, -0.15) is 0 Å². The Hall–Kier alpha value is -0.570. The Balaban J connectivity index is 2.06. The summed E-state index contributed by atoms with van der Waals surface area (Å²) in [4.78, 5) is 11.5. The van der Waals surface area contributed by atoms with E-state index >= 15 is 0 Å². The van der Waals surface area contributed by atoms with E-state index in [9.17, 15) is 9.90 Å². The minimum Gasteiger partial charge on any atom is -0.391 e. The van der Waals surface area contributed by atoms with Crippen LogP contribution in [0.2, 0.25) is 0 Å². The molecule has 0 aromatic carbocycles. The maximum Gasteiger partial charge on any atom is 0.220 e. The first-order valence-electron chi connectivity index (χ1n) is 6.54. The van der Waals surface area contributed by atoms with Crippen LogP contribution < -0.4 is 5.32 Å². The maximum absolute atomic E-state index is 11.5. The molecule has 0 aromatic rings. The average molecular weight is 227 g/mol. The molecule has 0 aliphatic heterocycles. The van der Waals surface area contributed by atoms with Crippen molar-refractivity contribution >= 4 is 5.91 Å². The monoisotopic (exact) mass is 227 g/mol. The predicted octanol–water partition coefficient (Wildman–Crippen LogP) is 2.09. The van der Waals surface area contributed by atoms with Gasteiger partial charge in [-0.25, -0.2) is 0 Å². The van der Waals surface area contributed by atoms with Crippen LogP contribution in [0, 0.1) is 11.8 Å². The van der Waals surface area contributed by atoms with Crippen LogP contribution >= 0.6 is 0 Å². The smallest absolute Gasteiger partial charge is 0.220 e. The second-order valence-corrected chi connectivity index (χ2v) is 5.30. The summed E-state index contributed by atoms with van der Waals surface area (Å²) in [6, 6.07) is 0. The third-order valence-electron chi connectivity index (χ3n) is 3.53. The third-order valence-corrected chi connectivity index (χ3v) is 3.53. The van der Waals surface area contributed by atoms with Gasteiger partial charge in [0.1, 0.15) is 0 Å². The fraction of sp³-hybridized carbons (Fsp3) is 0.923. The van der Waals surface area contributed by atoms with E-state index in [0.717, 1.165) is 12.3 Å². The van der Waals surface area contributed by atoms with Crippen LogP contribution in [-0.4, -0.2) is 23.7 Å². The molecule has 0 bridgehead atoms. The van der Waals surface area contributed by atoms with Crippen molar-refractivity contribution in [3.05, 3.63) is 0 Å². The molecule has 94 valence electrons. The fourth-order valence-corrected chi connectivity index (χ4v) is 2.18.